The van der Waals surface area contributed by atoms with Gasteiger partial charge in [0, 0.05) is 37.1 Å². The first-order valence-corrected chi connectivity index (χ1v) is 9.53. The molecule has 0 spiro atoms. The zero-order valence-corrected chi connectivity index (χ0v) is 14.2. The summed E-state index contributed by atoms with van der Waals surface area (Å²) in [6, 6.07) is 8.26. The van der Waals surface area contributed by atoms with Crippen molar-refractivity contribution in [2.24, 2.45) is 0 Å². The Balaban J connectivity index is 2.21. The highest BCUT2D eigenvalue weighted by Crippen LogP contribution is 2.24. The van der Waals surface area contributed by atoms with Gasteiger partial charge >= 0.3 is 0 Å². The molecule has 0 aliphatic carbocycles. The molecule has 1 aliphatic heterocycles. The van der Waals surface area contributed by atoms with E-state index in [1.54, 1.807) is 12.1 Å². The maximum absolute atomic E-state index is 11.7. The summed E-state index contributed by atoms with van der Waals surface area (Å²) in [5.41, 5.74) is 1.01. The van der Waals surface area contributed by atoms with Gasteiger partial charge in [-0.3, -0.25) is 4.90 Å². The summed E-state index contributed by atoms with van der Waals surface area (Å²) in [7, 11) is -3.15. The molecule has 1 aliphatic rings. The Hall–Kier alpha value is -1.07. The second kappa shape index (κ2) is 6.36. The zero-order chi connectivity index (χ0) is 15.6. The molecule has 2 rings (SSSR count). The summed E-state index contributed by atoms with van der Waals surface area (Å²) in [6.07, 6.45) is 2.43. The second-order valence-electron chi connectivity index (χ2n) is 6.11. The number of anilines is 1. The Labute approximate surface area is 128 Å². The van der Waals surface area contributed by atoms with Gasteiger partial charge in [0.1, 0.15) is 0 Å². The highest BCUT2D eigenvalue weighted by atomic mass is 32.2. The highest BCUT2D eigenvalue weighted by Gasteiger charge is 2.29. The average Bonchev–Trinajstić information content (AvgIpc) is 2.42. The van der Waals surface area contributed by atoms with Crippen molar-refractivity contribution >= 4 is 15.5 Å². The van der Waals surface area contributed by atoms with E-state index >= 15 is 0 Å². The molecular formula is C16H26N2O2S. The lowest BCUT2D eigenvalue weighted by Gasteiger charge is -2.45. The number of piperazine rings is 1. The third-order valence-electron chi connectivity index (χ3n) is 4.19. The van der Waals surface area contributed by atoms with E-state index in [0.717, 1.165) is 31.7 Å². The fraction of sp³-hybridized carbons (Fsp3) is 0.625. The lowest BCUT2D eigenvalue weighted by atomic mass is 10.1. The van der Waals surface area contributed by atoms with Crippen LogP contribution in [0.5, 0.6) is 0 Å². The van der Waals surface area contributed by atoms with E-state index in [4.69, 9.17) is 0 Å². The van der Waals surface area contributed by atoms with Crippen LogP contribution in [0.25, 0.3) is 0 Å². The van der Waals surface area contributed by atoms with Crippen molar-refractivity contribution in [2.75, 3.05) is 30.8 Å². The van der Waals surface area contributed by atoms with Gasteiger partial charge in [-0.2, -0.15) is 0 Å². The first-order chi connectivity index (χ1) is 9.82. The maximum atomic E-state index is 11.7. The number of hydrogen-bond donors (Lipinski definition) is 0. The van der Waals surface area contributed by atoms with Crippen molar-refractivity contribution in [2.45, 2.75) is 44.2 Å². The van der Waals surface area contributed by atoms with E-state index in [1.807, 2.05) is 12.1 Å². The van der Waals surface area contributed by atoms with Gasteiger partial charge in [0.15, 0.2) is 9.84 Å². The van der Waals surface area contributed by atoms with Crippen LogP contribution in [0.4, 0.5) is 5.69 Å². The molecule has 118 valence electrons. The lowest BCUT2D eigenvalue weighted by molar-refractivity contribution is 0.132. The van der Waals surface area contributed by atoms with E-state index in [0.29, 0.717) is 17.0 Å². The summed E-state index contributed by atoms with van der Waals surface area (Å²) in [5.74, 6) is 0. The van der Waals surface area contributed by atoms with Crippen LogP contribution in [0, 0.1) is 0 Å². The summed E-state index contributed by atoms with van der Waals surface area (Å²) in [6.45, 7) is 9.72. The highest BCUT2D eigenvalue weighted by molar-refractivity contribution is 7.90. The number of benzene rings is 1. The van der Waals surface area contributed by atoms with Crippen LogP contribution in [0.15, 0.2) is 29.2 Å². The smallest absolute Gasteiger partial charge is 0.175 e. The van der Waals surface area contributed by atoms with Gasteiger partial charge < -0.3 is 4.90 Å². The van der Waals surface area contributed by atoms with Crippen LogP contribution in [0.1, 0.15) is 27.2 Å². The number of sulfone groups is 1. The minimum atomic E-state index is -3.15. The van der Waals surface area contributed by atoms with Crippen LogP contribution in [0.3, 0.4) is 0 Å². The summed E-state index contributed by atoms with van der Waals surface area (Å²) < 4.78 is 23.4. The van der Waals surface area contributed by atoms with E-state index in [2.05, 4.69) is 30.6 Å². The molecule has 2 atom stereocenters. The van der Waals surface area contributed by atoms with E-state index < -0.39 is 9.84 Å². The number of hydrogen-bond acceptors (Lipinski definition) is 4. The van der Waals surface area contributed by atoms with Gasteiger partial charge in [0.25, 0.3) is 0 Å². The zero-order valence-electron chi connectivity index (χ0n) is 13.4. The Kier molecular flexibility index (Phi) is 4.94. The lowest BCUT2D eigenvalue weighted by Crippen LogP contribution is -2.56. The van der Waals surface area contributed by atoms with Gasteiger partial charge in [-0.25, -0.2) is 8.42 Å². The van der Waals surface area contributed by atoms with Crippen LogP contribution >= 0.6 is 0 Å². The van der Waals surface area contributed by atoms with Gasteiger partial charge in [0.05, 0.1) is 4.90 Å². The van der Waals surface area contributed by atoms with Crippen molar-refractivity contribution in [3.05, 3.63) is 24.3 Å². The van der Waals surface area contributed by atoms with Crippen molar-refractivity contribution < 1.29 is 8.42 Å². The second-order valence-corrected chi connectivity index (χ2v) is 8.13. The molecule has 1 saturated heterocycles. The van der Waals surface area contributed by atoms with Crippen LogP contribution < -0.4 is 4.90 Å². The van der Waals surface area contributed by atoms with Crippen molar-refractivity contribution in [3.8, 4) is 0 Å². The molecular weight excluding hydrogens is 284 g/mol. The van der Waals surface area contributed by atoms with Gasteiger partial charge in [0.2, 0.25) is 0 Å². The topological polar surface area (TPSA) is 40.6 Å². The molecule has 2 unspecified atom stereocenters. The van der Waals surface area contributed by atoms with Gasteiger partial charge in [-0.1, -0.05) is 13.0 Å². The fourth-order valence-corrected chi connectivity index (χ4v) is 3.84. The van der Waals surface area contributed by atoms with Crippen molar-refractivity contribution in [3.63, 3.8) is 0 Å². The molecule has 5 heteroatoms. The molecule has 1 aromatic rings. The Morgan fingerprint density at radius 1 is 1.19 bits per heavy atom. The summed E-state index contributed by atoms with van der Waals surface area (Å²) in [4.78, 5) is 5.24. The SMILES string of the molecule is CCCN1C(C)CN(c2cccc(S(C)(=O)=O)c2)CC1C. The number of nitrogens with zero attached hydrogens (tertiary/aromatic N) is 2. The largest absolute Gasteiger partial charge is 0.368 e. The molecule has 21 heavy (non-hydrogen) atoms. The van der Waals surface area contributed by atoms with Crippen LogP contribution in [0.2, 0.25) is 0 Å². The van der Waals surface area contributed by atoms with Crippen molar-refractivity contribution in [1.82, 2.24) is 4.90 Å². The van der Waals surface area contributed by atoms with Crippen molar-refractivity contribution in [1.29, 1.82) is 0 Å². The monoisotopic (exact) mass is 310 g/mol. The molecule has 1 fully saturated rings. The van der Waals surface area contributed by atoms with Crippen LogP contribution in [-0.2, 0) is 9.84 Å². The number of rotatable bonds is 4. The third kappa shape index (κ3) is 3.77. The van der Waals surface area contributed by atoms with E-state index in [-0.39, 0.29) is 0 Å². The fourth-order valence-electron chi connectivity index (χ4n) is 3.18. The first kappa shape index (κ1) is 16.3. The normalized spacial score (nSPS) is 24.3. The third-order valence-corrected chi connectivity index (χ3v) is 5.30. The van der Waals surface area contributed by atoms with E-state index in [9.17, 15) is 8.42 Å². The maximum Gasteiger partial charge on any atom is 0.175 e. The molecule has 0 aromatic heterocycles. The Bertz CT molecular complexity index is 574. The standard InChI is InChI=1S/C16H26N2O2S/c1-5-9-18-13(2)11-17(12-14(18)3)15-7-6-8-16(10-15)21(4,19)20/h6-8,10,13-14H,5,9,11-12H2,1-4H3. The summed E-state index contributed by atoms with van der Waals surface area (Å²) in [5, 5.41) is 0. The molecule has 0 saturated carbocycles. The molecule has 0 N–H and O–H groups in total. The molecule has 0 radical (unpaired) electrons. The predicted octanol–water partition coefficient (Wildman–Crippen LogP) is 2.40. The molecule has 1 heterocycles. The predicted molar refractivity (Wildman–Crippen MR) is 87.7 cm³/mol. The Morgan fingerprint density at radius 3 is 2.33 bits per heavy atom. The van der Waals surface area contributed by atoms with Gasteiger partial charge in [-0.15, -0.1) is 0 Å². The molecule has 1 aromatic carbocycles. The minimum Gasteiger partial charge on any atom is -0.368 e. The average molecular weight is 310 g/mol. The van der Waals surface area contributed by atoms with E-state index in [1.165, 1.54) is 6.26 Å². The van der Waals surface area contributed by atoms with Crippen LogP contribution in [-0.4, -0.2) is 51.3 Å². The molecule has 0 bridgehead atoms. The first-order valence-electron chi connectivity index (χ1n) is 7.63. The van der Waals surface area contributed by atoms with Gasteiger partial charge in [-0.05, 0) is 45.0 Å². The minimum absolute atomic E-state index is 0.399. The quantitative estimate of drug-likeness (QED) is 0.856. The molecule has 4 nitrogen and oxygen atoms in total. The summed E-state index contributed by atoms with van der Waals surface area (Å²) >= 11 is 0. The molecule has 0 amide bonds. The Morgan fingerprint density at radius 2 is 1.81 bits per heavy atom.